The van der Waals surface area contributed by atoms with Gasteiger partial charge in [-0.15, -0.1) is 0 Å². The van der Waals surface area contributed by atoms with E-state index in [2.05, 4.69) is 0 Å². The molecule has 1 heterocycles. The quantitative estimate of drug-likeness (QED) is 0.648. The maximum atomic E-state index is 10.6. The molecule has 74 valence electrons. The molecular weight excluding hydrogens is 172 g/mol. The monoisotopic (exact) mass is 186 g/mol. The molecule has 1 aliphatic heterocycles. The van der Waals surface area contributed by atoms with Gasteiger partial charge in [0.2, 0.25) is 5.91 Å². The fourth-order valence-corrected chi connectivity index (χ4v) is 1.69. The molecule has 0 spiro atoms. The standard InChI is InChI=1S/C8H14N2O3/c9-7(11)4-6-2-1-3-10(5-6)8(12)13/h6H,1-5H2,(H2,9,11)(H,12,13). The van der Waals surface area contributed by atoms with E-state index in [0.717, 1.165) is 12.8 Å². The van der Waals surface area contributed by atoms with Crippen LogP contribution in [-0.4, -0.2) is 35.1 Å². The smallest absolute Gasteiger partial charge is 0.407 e. The summed E-state index contributed by atoms with van der Waals surface area (Å²) in [5.74, 6) is -0.236. The van der Waals surface area contributed by atoms with Crippen LogP contribution in [-0.2, 0) is 4.79 Å². The number of piperidine rings is 1. The topological polar surface area (TPSA) is 83.6 Å². The van der Waals surface area contributed by atoms with E-state index < -0.39 is 6.09 Å². The Morgan fingerprint density at radius 2 is 2.23 bits per heavy atom. The zero-order chi connectivity index (χ0) is 9.84. The van der Waals surface area contributed by atoms with Crippen LogP contribution in [0.4, 0.5) is 4.79 Å². The molecule has 1 fully saturated rings. The van der Waals surface area contributed by atoms with Crippen molar-refractivity contribution >= 4 is 12.0 Å². The Balaban J connectivity index is 2.41. The van der Waals surface area contributed by atoms with E-state index >= 15 is 0 Å². The highest BCUT2D eigenvalue weighted by Crippen LogP contribution is 2.18. The molecule has 0 aliphatic carbocycles. The lowest BCUT2D eigenvalue weighted by molar-refractivity contribution is -0.119. The number of nitrogens with zero attached hydrogens (tertiary/aromatic N) is 1. The van der Waals surface area contributed by atoms with Gasteiger partial charge >= 0.3 is 6.09 Å². The molecule has 0 aromatic rings. The average Bonchev–Trinajstić information content (AvgIpc) is 2.03. The second-order valence-electron chi connectivity index (χ2n) is 3.41. The van der Waals surface area contributed by atoms with Crippen LogP contribution in [0.3, 0.4) is 0 Å². The van der Waals surface area contributed by atoms with E-state index in [9.17, 15) is 9.59 Å². The number of primary amides is 1. The van der Waals surface area contributed by atoms with E-state index in [1.807, 2.05) is 0 Å². The number of hydrogen-bond donors (Lipinski definition) is 2. The molecule has 1 saturated heterocycles. The first-order valence-electron chi connectivity index (χ1n) is 4.35. The minimum atomic E-state index is -0.908. The normalized spacial score (nSPS) is 22.8. The molecule has 5 nitrogen and oxygen atoms in total. The lowest BCUT2D eigenvalue weighted by Gasteiger charge is -2.29. The molecular formula is C8H14N2O3. The first-order chi connectivity index (χ1) is 6.09. The van der Waals surface area contributed by atoms with Crippen molar-refractivity contribution in [2.24, 2.45) is 11.7 Å². The summed E-state index contributed by atoms with van der Waals surface area (Å²) in [6.07, 6.45) is 1.11. The van der Waals surface area contributed by atoms with Crippen LogP contribution in [0.5, 0.6) is 0 Å². The summed E-state index contributed by atoms with van der Waals surface area (Å²) in [5, 5.41) is 8.70. The summed E-state index contributed by atoms with van der Waals surface area (Å²) in [5.41, 5.74) is 5.04. The highest BCUT2D eigenvalue weighted by Gasteiger charge is 2.23. The van der Waals surface area contributed by atoms with Crippen LogP contribution in [0, 0.1) is 5.92 Å². The molecule has 0 aromatic carbocycles. The van der Waals surface area contributed by atoms with Crippen molar-refractivity contribution in [3.05, 3.63) is 0 Å². The van der Waals surface area contributed by atoms with Crippen molar-refractivity contribution in [1.29, 1.82) is 0 Å². The van der Waals surface area contributed by atoms with Gasteiger partial charge in [-0.2, -0.15) is 0 Å². The molecule has 1 rings (SSSR count). The summed E-state index contributed by atoms with van der Waals surface area (Å²) >= 11 is 0. The molecule has 0 saturated carbocycles. The Hall–Kier alpha value is -1.26. The first kappa shape index (κ1) is 9.83. The largest absolute Gasteiger partial charge is 0.465 e. The minimum absolute atomic E-state index is 0.113. The van der Waals surface area contributed by atoms with Crippen molar-refractivity contribution in [3.63, 3.8) is 0 Å². The number of rotatable bonds is 2. The van der Waals surface area contributed by atoms with E-state index in [1.165, 1.54) is 4.90 Å². The van der Waals surface area contributed by atoms with Gasteiger partial charge in [0.1, 0.15) is 0 Å². The van der Waals surface area contributed by atoms with E-state index in [1.54, 1.807) is 0 Å². The summed E-state index contributed by atoms with van der Waals surface area (Å²) in [4.78, 5) is 22.5. The Bertz CT molecular complexity index is 217. The maximum absolute atomic E-state index is 10.6. The number of amides is 2. The Labute approximate surface area is 76.5 Å². The molecule has 5 heteroatoms. The minimum Gasteiger partial charge on any atom is -0.465 e. The molecule has 0 bridgehead atoms. The average molecular weight is 186 g/mol. The summed E-state index contributed by atoms with van der Waals surface area (Å²) in [7, 11) is 0. The predicted molar refractivity (Wildman–Crippen MR) is 46.1 cm³/mol. The number of likely N-dealkylation sites (tertiary alicyclic amines) is 1. The van der Waals surface area contributed by atoms with E-state index in [0.29, 0.717) is 19.5 Å². The molecule has 1 atom stereocenters. The summed E-state index contributed by atoms with van der Waals surface area (Å²) < 4.78 is 0. The number of nitrogens with two attached hydrogens (primary N) is 1. The fraction of sp³-hybridized carbons (Fsp3) is 0.750. The predicted octanol–water partition coefficient (Wildman–Crippen LogP) is 0.252. The fourth-order valence-electron chi connectivity index (χ4n) is 1.69. The molecule has 3 N–H and O–H groups in total. The van der Waals surface area contributed by atoms with E-state index in [4.69, 9.17) is 10.8 Å². The van der Waals surface area contributed by atoms with Crippen molar-refractivity contribution in [2.75, 3.05) is 13.1 Å². The highest BCUT2D eigenvalue weighted by atomic mass is 16.4. The van der Waals surface area contributed by atoms with E-state index in [-0.39, 0.29) is 11.8 Å². The number of hydrogen-bond acceptors (Lipinski definition) is 2. The number of carboxylic acid groups (broad SMARTS) is 1. The van der Waals surface area contributed by atoms with Crippen molar-refractivity contribution in [3.8, 4) is 0 Å². The molecule has 1 unspecified atom stereocenters. The van der Waals surface area contributed by atoms with Crippen LogP contribution < -0.4 is 5.73 Å². The van der Waals surface area contributed by atoms with Gasteiger partial charge in [-0.05, 0) is 18.8 Å². The zero-order valence-corrected chi connectivity index (χ0v) is 7.40. The summed E-state index contributed by atoms with van der Waals surface area (Å²) in [6, 6.07) is 0. The SMILES string of the molecule is NC(=O)CC1CCCN(C(=O)O)C1. The second kappa shape index (κ2) is 4.11. The molecule has 13 heavy (non-hydrogen) atoms. The van der Waals surface area contributed by atoms with Gasteiger partial charge in [0, 0.05) is 19.5 Å². The second-order valence-corrected chi connectivity index (χ2v) is 3.41. The first-order valence-corrected chi connectivity index (χ1v) is 4.35. The maximum Gasteiger partial charge on any atom is 0.407 e. The van der Waals surface area contributed by atoms with Crippen molar-refractivity contribution in [2.45, 2.75) is 19.3 Å². The number of carbonyl (C=O) groups excluding carboxylic acids is 1. The lowest BCUT2D eigenvalue weighted by Crippen LogP contribution is -2.40. The Morgan fingerprint density at radius 3 is 2.77 bits per heavy atom. The van der Waals surface area contributed by atoms with Gasteiger partial charge in [-0.1, -0.05) is 0 Å². The molecule has 0 aromatic heterocycles. The van der Waals surface area contributed by atoms with Crippen LogP contribution in [0.25, 0.3) is 0 Å². The third-order valence-corrected chi connectivity index (χ3v) is 2.28. The van der Waals surface area contributed by atoms with Crippen LogP contribution in [0.1, 0.15) is 19.3 Å². The van der Waals surface area contributed by atoms with Gasteiger partial charge in [-0.25, -0.2) is 4.79 Å². The van der Waals surface area contributed by atoms with Crippen molar-refractivity contribution in [1.82, 2.24) is 4.90 Å². The zero-order valence-electron chi connectivity index (χ0n) is 7.40. The third-order valence-electron chi connectivity index (χ3n) is 2.28. The Morgan fingerprint density at radius 1 is 1.54 bits per heavy atom. The van der Waals surface area contributed by atoms with Gasteiger partial charge in [0.05, 0.1) is 0 Å². The highest BCUT2D eigenvalue weighted by molar-refractivity contribution is 5.74. The molecule has 1 aliphatic rings. The van der Waals surface area contributed by atoms with Crippen LogP contribution >= 0.6 is 0 Å². The van der Waals surface area contributed by atoms with Crippen molar-refractivity contribution < 1.29 is 14.7 Å². The number of carbonyl (C=O) groups is 2. The van der Waals surface area contributed by atoms with Gasteiger partial charge < -0.3 is 15.7 Å². The lowest BCUT2D eigenvalue weighted by atomic mass is 9.95. The van der Waals surface area contributed by atoms with Gasteiger partial charge in [-0.3, -0.25) is 4.79 Å². The van der Waals surface area contributed by atoms with Crippen LogP contribution in [0.15, 0.2) is 0 Å². The van der Waals surface area contributed by atoms with Gasteiger partial charge in [0.25, 0.3) is 0 Å². The third kappa shape index (κ3) is 2.93. The molecule has 0 radical (unpaired) electrons. The Kier molecular flexibility index (Phi) is 3.11. The summed E-state index contributed by atoms with van der Waals surface area (Å²) in [6.45, 7) is 1.02. The van der Waals surface area contributed by atoms with Gasteiger partial charge in [0.15, 0.2) is 0 Å². The molecule has 2 amide bonds. The van der Waals surface area contributed by atoms with Crippen LogP contribution in [0.2, 0.25) is 0 Å².